The number of methoxy groups -OCH3 is 1. The molecule has 0 amide bonds. The normalized spacial score (nSPS) is 20.9. The van der Waals surface area contributed by atoms with Crippen molar-refractivity contribution in [3.8, 4) is 0 Å². The molecule has 1 saturated heterocycles. The summed E-state index contributed by atoms with van der Waals surface area (Å²) >= 11 is 0. The summed E-state index contributed by atoms with van der Waals surface area (Å²) in [5.74, 6) is -1.03. The van der Waals surface area contributed by atoms with Crippen LogP contribution in [0.15, 0.2) is 24.3 Å². The fourth-order valence-corrected chi connectivity index (χ4v) is 4.81. The molecule has 2 aromatic rings. The summed E-state index contributed by atoms with van der Waals surface area (Å²) in [6.45, 7) is 3.18. The van der Waals surface area contributed by atoms with Gasteiger partial charge in [0.25, 0.3) is 6.43 Å². The maximum Gasteiger partial charge on any atom is 0.340 e. The Bertz CT molecular complexity index is 863. The predicted molar refractivity (Wildman–Crippen MR) is 99.5 cm³/mol. The van der Waals surface area contributed by atoms with Gasteiger partial charge in [-0.25, -0.2) is 13.6 Å². The molecule has 1 aromatic carbocycles. The van der Waals surface area contributed by atoms with Crippen molar-refractivity contribution < 1.29 is 27.8 Å². The van der Waals surface area contributed by atoms with E-state index in [-0.39, 0.29) is 23.2 Å². The van der Waals surface area contributed by atoms with E-state index in [2.05, 4.69) is 0 Å². The first-order valence-corrected chi connectivity index (χ1v) is 9.74. The summed E-state index contributed by atoms with van der Waals surface area (Å²) in [7, 11) is 1.22. The van der Waals surface area contributed by atoms with Crippen molar-refractivity contribution in [2.24, 2.45) is 5.92 Å². The number of rotatable bonds is 4. The quantitative estimate of drug-likeness (QED) is 0.696. The molecule has 7 heteroatoms. The van der Waals surface area contributed by atoms with E-state index in [0.717, 1.165) is 25.7 Å². The van der Waals surface area contributed by atoms with E-state index in [4.69, 9.17) is 14.2 Å². The Labute approximate surface area is 162 Å². The highest BCUT2D eigenvalue weighted by Crippen LogP contribution is 2.45. The van der Waals surface area contributed by atoms with Gasteiger partial charge < -0.3 is 18.8 Å². The molecule has 2 aliphatic rings. The van der Waals surface area contributed by atoms with Crippen molar-refractivity contribution >= 4 is 16.9 Å². The Morgan fingerprint density at radius 3 is 2.46 bits per heavy atom. The lowest BCUT2D eigenvalue weighted by atomic mass is 9.81. The number of aromatic nitrogens is 1. The second-order valence-electron chi connectivity index (χ2n) is 7.63. The van der Waals surface area contributed by atoms with Gasteiger partial charge in [0.2, 0.25) is 0 Å². The first-order valence-electron chi connectivity index (χ1n) is 9.74. The lowest BCUT2D eigenvalue weighted by Crippen LogP contribution is -2.37. The minimum absolute atomic E-state index is 0.0327. The van der Waals surface area contributed by atoms with Crippen LogP contribution in [0, 0.1) is 5.92 Å². The zero-order valence-electron chi connectivity index (χ0n) is 16.1. The van der Waals surface area contributed by atoms with Crippen molar-refractivity contribution in [1.29, 1.82) is 0 Å². The van der Waals surface area contributed by atoms with Crippen molar-refractivity contribution in [3.05, 3.63) is 35.5 Å². The van der Waals surface area contributed by atoms with Crippen LogP contribution >= 0.6 is 0 Å². The molecule has 0 radical (unpaired) electrons. The molecule has 152 valence electrons. The summed E-state index contributed by atoms with van der Waals surface area (Å²) in [5, 5.41) is 0.506. The van der Waals surface area contributed by atoms with E-state index in [1.807, 2.05) is 6.92 Å². The number of alkyl halides is 2. The fraction of sp³-hybridized carbons (Fsp3) is 0.571. The van der Waals surface area contributed by atoms with Gasteiger partial charge in [0.1, 0.15) is 5.69 Å². The van der Waals surface area contributed by atoms with E-state index in [1.165, 1.54) is 7.11 Å². The van der Waals surface area contributed by atoms with Crippen molar-refractivity contribution in [3.63, 3.8) is 0 Å². The summed E-state index contributed by atoms with van der Waals surface area (Å²) < 4.78 is 46.3. The summed E-state index contributed by atoms with van der Waals surface area (Å²) in [6, 6.07) is 6.85. The molecule has 2 heterocycles. The fourth-order valence-electron chi connectivity index (χ4n) is 4.81. The molecular weight excluding hydrogens is 368 g/mol. The minimum atomic E-state index is -2.78. The summed E-state index contributed by atoms with van der Waals surface area (Å²) in [5.41, 5.74) is 0.350. The molecule has 1 spiro atoms. The molecule has 2 fully saturated rings. The van der Waals surface area contributed by atoms with Gasteiger partial charge in [-0.3, -0.25) is 0 Å². The molecule has 0 bridgehead atoms. The van der Waals surface area contributed by atoms with Crippen LogP contribution in [0.3, 0.4) is 0 Å². The van der Waals surface area contributed by atoms with Crippen molar-refractivity contribution in [2.45, 2.75) is 50.9 Å². The van der Waals surface area contributed by atoms with E-state index in [0.29, 0.717) is 24.1 Å². The highest BCUT2D eigenvalue weighted by Gasteiger charge is 2.42. The molecule has 0 N–H and O–H groups in total. The van der Waals surface area contributed by atoms with Crippen LogP contribution in [0.2, 0.25) is 0 Å². The topological polar surface area (TPSA) is 49.7 Å². The third-order valence-electron chi connectivity index (χ3n) is 6.24. The van der Waals surface area contributed by atoms with Crippen LogP contribution in [-0.2, 0) is 14.2 Å². The van der Waals surface area contributed by atoms with Crippen LogP contribution in [0.25, 0.3) is 10.9 Å². The number of carbonyl (C=O) groups excluding carboxylic acids is 1. The molecule has 5 nitrogen and oxygen atoms in total. The van der Waals surface area contributed by atoms with E-state index < -0.39 is 18.2 Å². The molecular formula is C21H25F2NO4. The van der Waals surface area contributed by atoms with Gasteiger partial charge in [-0.1, -0.05) is 18.2 Å². The lowest BCUT2D eigenvalue weighted by molar-refractivity contribution is -0.184. The average molecular weight is 393 g/mol. The second kappa shape index (κ2) is 7.44. The predicted octanol–water partition coefficient (Wildman–Crippen LogP) is 4.86. The first kappa shape index (κ1) is 19.3. The zero-order valence-corrected chi connectivity index (χ0v) is 16.1. The Kier molecular flexibility index (Phi) is 5.14. The third-order valence-corrected chi connectivity index (χ3v) is 6.24. The number of benzene rings is 1. The standard InChI is InChI=1S/C21H25F2NO4/c1-13(14-7-9-21(10-8-14)27-11-12-28-21)24-16-6-4-3-5-15(16)17(20(25)26-2)18(24)19(22)23/h3-6,13-14,19H,7-12H2,1-2H3/t13-/m1/s1. The molecule has 4 rings (SSSR count). The Balaban J connectivity index is 1.73. The van der Waals surface area contributed by atoms with Crippen LogP contribution in [0.5, 0.6) is 0 Å². The van der Waals surface area contributed by atoms with Gasteiger partial charge in [-0.05, 0) is 31.7 Å². The van der Waals surface area contributed by atoms with Gasteiger partial charge in [0.05, 0.1) is 25.9 Å². The Morgan fingerprint density at radius 2 is 1.86 bits per heavy atom. The molecule has 1 aliphatic carbocycles. The van der Waals surface area contributed by atoms with Crippen molar-refractivity contribution in [2.75, 3.05) is 20.3 Å². The SMILES string of the molecule is COC(=O)c1c(C(F)F)n([C@H](C)C2CCC3(CC2)OCCO3)c2ccccc12. The third kappa shape index (κ3) is 3.10. The van der Waals surface area contributed by atoms with E-state index in [9.17, 15) is 13.6 Å². The zero-order chi connectivity index (χ0) is 19.9. The van der Waals surface area contributed by atoms with Crippen LogP contribution < -0.4 is 0 Å². The maximum atomic E-state index is 14.1. The van der Waals surface area contributed by atoms with Gasteiger partial charge in [0.15, 0.2) is 5.79 Å². The number of para-hydroxylation sites is 1. The van der Waals surface area contributed by atoms with Crippen molar-refractivity contribution in [1.82, 2.24) is 4.57 Å². The van der Waals surface area contributed by atoms with E-state index >= 15 is 0 Å². The van der Waals surface area contributed by atoms with Crippen LogP contribution in [-0.4, -0.2) is 36.6 Å². The van der Waals surface area contributed by atoms with Crippen LogP contribution in [0.1, 0.15) is 61.1 Å². The number of ether oxygens (including phenoxy) is 3. The maximum absolute atomic E-state index is 14.1. The molecule has 1 aromatic heterocycles. The highest BCUT2D eigenvalue weighted by molar-refractivity contribution is 6.06. The monoisotopic (exact) mass is 393 g/mol. The minimum Gasteiger partial charge on any atom is -0.465 e. The second-order valence-corrected chi connectivity index (χ2v) is 7.63. The number of hydrogen-bond donors (Lipinski definition) is 0. The molecule has 1 aliphatic heterocycles. The smallest absolute Gasteiger partial charge is 0.340 e. The number of halogens is 2. The van der Waals surface area contributed by atoms with Gasteiger partial charge in [-0.15, -0.1) is 0 Å². The van der Waals surface area contributed by atoms with E-state index in [1.54, 1.807) is 28.8 Å². The molecule has 28 heavy (non-hydrogen) atoms. The number of carbonyl (C=O) groups is 1. The molecule has 1 atom stereocenters. The number of hydrogen-bond acceptors (Lipinski definition) is 4. The molecule has 1 saturated carbocycles. The average Bonchev–Trinajstić information content (AvgIpc) is 3.30. The highest BCUT2D eigenvalue weighted by atomic mass is 19.3. The summed E-state index contributed by atoms with van der Waals surface area (Å²) in [4.78, 5) is 12.3. The van der Waals surface area contributed by atoms with Gasteiger partial charge >= 0.3 is 5.97 Å². The van der Waals surface area contributed by atoms with Crippen LogP contribution in [0.4, 0.5) is 8.78 Å². The largest absolute Gasteiger partial charge is 0.465 e. The number of fused-ring (bicyclic) bond motifs is 1. The first-order chi connectivity index (χ1) is 13.5. The lowest BCUT2D eigenvalue weighted by Gasteiger charge is -2.38. The number of esters is 1. The summed E-state index contributed by atoms with van der Waals surface area (Å²) in [6.07, 6.45) is 0.387. The Hall–Kier alpha value is -1.99. The number of nitrogens with zero attached hydrogens (tertiary/aromatic N) is 1. The van der Waals surface area contributed by atoms with Gasteiger partial charge in [0, 0.05) is 29.8 Å². The molecule has 0 unspecified atom stereocenters. The Morgan fingerprint density at radius 1 is 1.21 bits per heavy atom. The van der Waals surface area contributed by atoms with Gasteiger partial charge in [-0.2, -0.15) is 0 Å².